The van der Waals surface area contributed by atoms with Crippen LogP contribution in [0.15, 0.2) is 70.7 Å². The fourth-order valence-corrected chi connectivity index (χ4v) is 2.72. The van der Waals surface area contributed by atoms with E-state index in [-0.39, 0.29) is 0 Å². The monoisotopic (exact) mass is 288 g/mol. The van der Waals surface area contributed by atoms with Gasteiger partial charge in [0.05, 0.1) is 0 Å². The van der Waals surface area contributed by atoms with Crippen LogP contribution in [-0.4, -0.2) is 4.21 Å². The first kappa shape index (κ1) is 14.7. The van der Waals surface area contributed by atoms with Crippen molar-refractivity contribution in [3.63, 3.8) is 0 Å². The van der Waals surface area contributed by atoms with E-state index in [1.165, 1.54) is 6.08 Å². The number of hydrogen-bond donors (Lipinski definition) is 0. The molecule has 1 atom stereocenters. The molecule has 0 spiro atoms. The van der Waals surface area contributed by atoms with E-state index in [9.17, 15) is 8.60 Å². The Hall–Kier alpha value is -1.74. The summed E-state index contributed by atoms with van der Waals surface area (Å²) >= 11 is 0. The van der Waals surface area contributed by atoms with Crippen LogP contribution in [0.5, 0.6) is 0 Å². The molecule has 0 amide bonds. The largest absolute Gasteiger partial charge is 0.247 e. The smallest absolute Gasteiger partial charge is 0.187 e. The van der Waals surface area contributed by atoms with Crippen molar-refractivity contribution in [2.24, 2.45) is 0 Å². The predicted molar refractivity (Wildman–Crippen MR) is 81.5 cm³/mol. The van der Waals surface area contributed by atoms with Gasteiger partial charge in [-0.3, -0.25) is 0 Å². The Bertz CT molecular complexity index is 603. The molecule has 0 aliphatic heterocycles. The molecule has 104 valence electrons. The zero-order valence-corrected chi connectivity index (χ0v) is 12.2. The number of aryl methyl sites for hydroxylation is 2. The van der Waals surface area contributed by atoms with E-state index in [0.29, 0.717) is 11.3 Å². The van der Waals surface area contributed by atoms with Crippen molar-refractivity contribution < 1.29 is 8.60 Å². The van der Waals surface area contributed by atoms with Gasteiger partial charge in [-0.05, 0) is 43.5 Å². The molecule has 0 saturated heterocycles. The molecule has 0 aliphatic carbocycles. The summed E-state index contributed by atoms with van der Waals surface area (Å²) < 4.78 is 25.8. The molecule has 0 fully saturated rings. The van der Waals surface area contributed by atoms with Crippen LogP contribution < -0.4 is 0 Å². The fourth-order valence-electron chi connectivity index (χ4n) is 1.85. The van der Waals surface area contributed by atoms with Crippen LogP contribution in [0.1, 0.15) is 17.5 Å². The highest BCUT2D eigenvalue weighted by Crippen LogP contribution is 2.17. The first-order valence-electron chi connectivity index (χ1n) is 6.55. The summed E-state index contributed by atoms with van der Waals surface area (Å²) in [4.78, 5) is 0.504. The van der Waals surface area contributed by atoms with Gasteiger partial charge in [0.2, 0.25) is 0 Å². The van der Waals surface area contributed by atoms with Crippen LogP contribution in [0.3, 0.4) is 0 Å². The first-order valence-corrected chi connectivity index (χ1v) is 7.70. The van der Waals surface area contributed by atoms with E-state index in [1.54, 1.807) is 12.1 Å². The zero-order chi connectivity index (χ0) is 14.4. The van der Waals surface area contributed by atoms with Gasteiger partial charge in [-0.25, -0.2) is 4.21 Å². The van der Waals surface area contributed by atoms with E-state index in [4.69, 9.17) is 0 Å². The van der Waals surface area contributed by atoms with Gasteiger partial charge in [0.25, 0.3) is 0 Å². The summed E-state index contributed by atoms with van der Waals surface area (Å²) in [6.45, 7) is 1.94. The first-order chi connectivity index (χ1) is 9.66. The van der Waals surface area contributed by atoms with Gasteiger partial charge in [-0.1, -0.05) is 48.0 Å². The predicted octanol–water partition coefficient (Wildman–Crippen LogP) is 4.55. The lowest BCUT2D eigenvalue weighted by Gasteiger charge is -2.01. The molecule has 2 rings (SSSR count). The van der Waals surface area contributed by atoms with E-state index in [2.05, 4.69) is 0 Å². The normalized spacial score (nSPS) is 13.2. The maximum Gasteiger partial charge on any atom is 0.187 e. The minimum Gasteiger partial charge on any atom is -0.247 e. The van der Waals surface area contributed by atoms with Crippen LogP contribution in [0.2, 0.25) is 0 Å². The summed E-state index contributed by atoms with van der Waals surface area (Å²) in [5, 5.41) is -0.565. The van der Waals surface area contributed by atoms with Crippen molar-refractivity contribution in [2.75, 3.05) is 0 Å². The molecule has 2 aromatic carbocycles. The third-order valence-corrected chi connectivity index (χ3v) is 4.21. The van der Waals surface area contributed by atoms with Gasteiger partial charge in [-0.2, -0.15) is 4.39 Å². The minimum atomic E-state index is -1.70. The molecular formula is C17H17FOS. The zero-order valence-electron chi connectivity index (χ0n) is 11.4. The van der Waals surface area contributed by atoms with Gasteiger partial charge in [0.1, 0.15) is 10.8 Å². The highest BCUT2D eigenvalue weighted by Gasteiger charge is 2.09. The van der Waals surface area contributed by atoms with Gasteiger partial charge in [0.15, 0.2) is 5.16 Å². The second-order valence-corrected chi connectivity index (χ2v) is 6.01. The summed E-state index contributed by atoms with van der Waals surface area (Å²) in [6, 6.07) is 17.0. The summed E-state index contributed by atoms with van der Waals surface area (Å²) in [5.74, 6) is 0. The molecular weight excluding hydrogens is 271 g/mol. The maximum atomic E-state index is 13.8. The quantitative estimate of drug-likeness (QED) is 0.789. The highest BCUT2D eigenvalue weighted by atomic mass is 32.2. The Kier molecular flexibility index (Phi) is 5.24. The minimum absolute atomic E-state index is 0.504. The molecule has 0 heterocycles. The van der Waals surface area contributed by atoms with Crippen molar-refractivity contribution >= 4 is 10.8 Å². The number of rotatable bonds is 5. The third kappa shape index (κ3) is 4.14. The topological polar surface area (TPSA) is 17.1 Å². The van der Waals surface area contributed by atoms with Gasteiger partial charge in [-0.15, -0.1) is 0 Å². The number of hydrogen-bond acceptors (Lipinski definition) is 1. The Morgan fingerprint density at radius 2 is 1.75 bits per heavy atom. The summed E-state index contributed by atoms with van der Waals surface area (Å²) in [7, 11) is -1.70. The van der Waals surface area contributed by atoms with Crippen molar-refractivity contribution in [1.29, 1.82) is 0 Å². The molecule has 0 saturated carbocycles. The Morgan fingerprint density at radius 1 is 1.10 bits per heavy atom. The lowest BCUT2D eigenvalue weighted by atomic mass is 10.1. The summed E-state index contributed by atoms with van der Waals surface area (Å²) in [6.07, 6.45) is 2.72. The third-order valence-electron chi connectivity index (χ3n) is 2.99. The summed E-state index contributed by atoms with van der Waals surface area (Å²) in [5.41, 5.74) is 2.22. The molecule has 0 bridgehead atoms. The van der Waals surface area contributed by atoms with Crippen LogP contribution in [0, 0.1) is 6.92 Å². The number of allylic oxidation sites excluding steroid dienone is 1. The van der Waals surface area contributed by atoms with E-state index >= 15 is 0 Å². The molecule has 0 aliphatic rings. The highest BCUT2D eigenvalue weighted by molar-refractivity contribution is 7.88. The molecule has 2 aromatic rings. The van der Waals surface area contributed by atoms with E-state index < -0.39 is 16.0 Å². The molecule has 1 nitrogen and oxygen atoms in total. The van der Waals surface area contributed by atoms with Crippen molar-refractivity contribution in [1.82, 2.24) is 0 Å². The van der Waals surface area contributed by atoms with Crippen molar-refractivity contribution in [2.45, 2.75) is 24.7 Å². The van der Waals surface area contributed by atoms with Crippen LogP contribution >= 0.6 is 0 Å². The lowest BCUT2D eigenvalue weighted by molar-refractivity contribution is 0.646. The second kappa shape index (κ2) is 7.15. The molecule has 20 heavy (non-hydrogen) atoms. The van der Waals surface area contributed by atoms with Crippen molar-refractivity contribution in [3.05, 3.63) is 77.0 Å². The number of benzene rings is 2. The molecule has 0 N–H and O–H groups in total. The standard InChI is InChI=1S/C17H17FOS/c1-14-10-12-16(13-11-14)20(19)17(18)9-5-8-15-6-3-2-4-7-15/h2-4,6-7,9-13H,5,8H2,1H3. The van der Waals surface area contributed by atoms with Gasteiger partial charge >= 0.3 is 0 Å². The van der Waals surface area contributed by atoms with Gasteiger partial charge < -0.3 is 0 Å². The van der Waals surface area contributed by atoms with Crippen LogP contribution in [0.4, 0.5) is 4.39 Å². The SMILES string of the molecule is Cc1ccc(S(=O)C(F)=CCCc2ccccc2)cc1. The molecule has 1 unspecified atom stereocenters. The maximum absolute atomic E-state index is 13.8. The van der Waals surface area contributed by atoms with E-state index in [0.717, 1.165) is 17.5 Å². The molecule has 0 radical (unpaired) electrons. The average molecular weight is 288 g/mol. The Labute approximate surface area is 121 Å². The average Bonchev–Trinajstić information content (AvgIpc) is 2.48. The number of halogens is 1. The van der Waals surface area contributed by atoms with E-state index in [1.807, 2.05) is 49.4 Å². The molecule has 0 aromatic heterocycles. The second-order valence-electron chi connectivity index (χ2n) is 4.61. The Morgan fingerprint density at radius 3 is 2.40 bits per heavy atom. The van der Waals surface area contributed by atoms with Crippen LogP contribution in [0.25, 0.3) is 0 Å². The van der Waals surface area contributed by atoms with Crippen LogP contribution in [-0.2, 0) is 17.2 Å². The van der Waals surface area contributed by atoms with Gasteiger partial charge in [0, 0.05) is 4.90 Å². The van der Waals surface area contributed by atoms with Crippen molar-refractivity contribution in [3.8, 4) is 0 Å². The fraction of sp³-hybridized carbons (Fsp3) is 0.176. The molecule has 3 heteroatoms. The lowest BCUT2D eigenvalue weighted by Crippen LogP contribution is -1.92. The Balaban J connectivity index is 1.96.